The standard InChI is InChI=1S/C20H23ClN8O3/c1-2-32-20(30)28-4-3-13-14(11-28)29-16(21)15(12-9-23-19(22)24-10-12)26-17(18(29)25-13)27-5-7-31-8-6-27/h9-10H,2-8,11H2,1H3,(H2,22,23,24). The Morgan fingerprint density at radius 1 is 1.22 bits per heavy atom. The number of halogens is 1. The van der Waals surface area contributed by atoms with E-state index in [0.717, 1.165) is 11.4 Å². The SMILES string of the molecule is CCOC(=O)N1CCc2nc3c(N4CCOCC4)nc(-c4cnc(N)nc4)c(Cl)n3c2C1. The van der Waals surface area contributed by atoms with Gasteiger partial charge in [0.1, 0.15) is 10.8 Å². The summed E-state index contributed by atoms with van der Waals surface area (Å²) >= 11 is 6.89. The molecule has 0 unspecified atom stereocenters. The molecule has 0 aromatic carbocycles. The lowest BCUT2D eigenvalue weighted by Crippen LogP contribution is -2.37. The number of morpholine rings is 1. The summed E-state index contributed by atoms with van der Waals surface area (Å²) in [4.78, 5) is 34.1. The van der Waals surface area contributed by atoms with Crippen molar-refractivity contribution in [3.05, 3.63) is 28.9 Å². The average molecular weight is 459 g/mol. The topological polar surface area (TPSA) is 124 Å². The van der Waals surface area contributed by atoms with E-state index < -0.39 is 0 Å². The van der Waals surface area contributed by atoms with Crippen LogP contribution < -0.4 is 10.6 Å². The zero-order chi connectivity index (χ0) is 22.2. The van der Waals surface area contributed by atoms with Gasteiger partial charge >= 0.3 is 6.09 Å². The van der Waals surface area contributed by atoms with Crippen LogP contribution in [0.1, 0.15) is 18.3 Å². The maximum absolute atomic E-state index is 12.4. The van der Waals surface area contributed by atoms with Crippen LogP contribution in [-0.4, -0.2) is 74.8 Å². The fourth-order valence-corrected chi connectivity index (χ4v) is 4.37. The number of anilines is 2. The summed E-state index contributed by atoms with van der Waals surface area (Å²) < 4.78 is 12.6. The monoisotopic (exact) mass is 458 g/mol. The normalized spacial score (nSPS) is 16.3. The van der Waals surface area contributed by atoms with Gasteiger partial charge in [0.25, 0.3) is 0 Å². The molecular weight excluding hydrogens is 436 g/mol. The van der Waals surface area contributed by atoms with Gasteiger partial charge < -0.3 is 25.0 Å². The second kappa shape index (κ2) is 8.40. The summed E-state index contributed by atoms with van der Waals surface area (Å²) in [6.45, 7) is 5.58. The van der Waals surface area contributed by atoms with E-state index in [4.69, 9.17) is 36.8 Å². The first-order valence-corrected chi connectivity index (χ1v) is 10.9. The van der Waals surface area contributed by atoms with Crippen LogP contribution in [0.5, 0.6) is 0 Å². The van der Waals surface area contributed by atoms with Gasteiger partial charge in [0.15, 0.2) is 11.5 Å². The summed E-state index contributed by atoms with van der Waals surface area (Å²) in [5.41, 5.74) is 9.23. The molecule has 5 heterocycles. The van der Waals surface area contributed by atoms with Gasteiger partial charge in [-0.15, -0.1) is 0 Å². The van der Waals surface area contributed by atoms with Crippen molar-refractivity contribution in [1.29, 1.82) is 0 Å². The van der Waals surface area contributed by atoms with Crippen molar-refractivity contribution < 1.29 is 14.3 Å². The van der Waals surface area contributed by atoms with Crippen molar-refractivity contribution in [3.63, 3.8) is 0 Å². The number of hydrogen-bond acceptors (Lipinski definition) is 9. The number of imidazole rings is 1. The molecule has 0 spiro atoms. The Morgan fingerprint density at radius 3 is 2.69 bits per heavy atom. The van der Waals surface area contributed by atoms with E-state index in [9.17, 15) is 4.79 Å². The summed E-state index contributed by atoms with van der Waals surface area (Å²) in [5.74, 6) is 0.881. The van der Waals surface area contributed by atoms with Crippen LogP contribution in [0.3, 0.4) is 0 Å². The molecule has 168 valence electrons. The van der Waals surface area contributed by atoms with E-state index in [-0.39, 0.29) is 12.0 Å². The van der Waals surface area contributed by atoms with Crippen molar-refractivity contribution >= 4 is 35.1 Å². The van der Waals surface area contributed by atoms with E-state index in [2.05, 4.69) is 14.9 Å². The number of fused-ring (bicyclic) bond motifs is 3. The minimum atomic E-state index is -0.348. The lowest BCUT2D eigenvalue weighted by atomic mass is 10.1. The minimum absolute atomic E-state index is 0.171. The number of ether oxygens (including phenoxy) is 2. The zero-order valence-corrected chi connectivity index (χ0v) is 18.4. The van der Waals surface area contributed by atoms with Gasteiger partial charge in [-0.25, -0.2) is 24.7 Å². The summed E-state index contributed by atoms with van der Waals surface area (Å²) in [5, 5.41) is 0.379. The predicted octanol–water partition coefficient (Wildman–Crippen LogP) is 1.77. The Labute approximate surface area is 189 Å². The highest BCUT2D eigenvalue weighted by Gasteiger charge is 2.30. The van der Waals surface area contributed by atoms with Crippen LogP contribution in [0.2, 0.25) is 5.15 Å². The Morgan fingerprint density at radius 2 is 1.97 bits per heavy atom. The minimum Gasteiger partial charge on any atom is -0.450 e. The number of carbonyl (C=O) groups excluding carboxylic acids is 1. The molecular formula is C20H23ClN8O3. The van der Waals surface area contributed by atoms with E-state index >= 15 is 0 Å². The molecule has 1 saturated heterocycles. The van der Waals surface area contributed by atoms with Gasteiger partial charge in [0.2, 0.25) is 5.95 Å². The van der Waals surface area contributed by atoms with Crippen molar-refractivity contribution in [2.75, 3.05) is 50.1 Å². The van der Waals surface area contributed by atoms with Crippen molar-refractivity contribution in [3.8, 4) is 11.3 Å². The average Bonchev–Trinajstić information content (AvgIpc) is 3.20. The van der Waals surface area contributed by atoms with Crippen molar-refractivity contribution in [2.24, 2.45) is 0 Å². The molecule has 0 atom stereocenters. The quantitative estimate of drug-likeness (QED) is 0.625. The fraction of sp³-hybridized carbons (Fsp3) is 0.450. The number of amides is 1. The number of rotatable bonds is 3. The second-order valence-corrected chi connectivity index (χ2v) is 7.90. The molecule has 3 aromatic rings. The number of nitrogens with two attached hydrogens (primary N) is 1. The van der Waals surface area contributed by atoms with Crippen LogP contribution in [0, 0.1) is 0 Å². The highest BCUT2D eigenvalue weighted by Crippen LogP contribution is 2.35. The Kier molecular flexibility index (Phi) is 5.43. The van der Waals surface area contributed by atoms with Crippen LogP contribution in [0.4, 0.5) is 16.6 Å². The Balaban J connectivity index is 1.68. The largest absolute Gasteiger partial charge is 0.450 e. The summed E-state index contributed by atoms with van der Waals surface area (Å²) in [6.07, 6.45) is 3.45. The van der Waals surface area contributed by atoms with Crippen molar-refractivity contribution in [1.82, 2.24) is 29.2 Å². The van der Waals surface area contributed by atoms with Crippen LogP contribution >= 0.6 is 11.6 Å². The van der Waals surface area contributed by atoms with E-state index in [1.54, 1.807) is 24.2 Å². The van der Waals surface area contributed by atoms with Crippen LogP contribution in [0.15, 0.2) is 12.4 Å². The Bertz CT molecular complexity index is 1160. The van der Waals surface area contributed by atoms with E-state index in [0.29, 0.717) is 80.3 Å². The van der Waals surface area contributed by atoms with Crippen LogP contribution in [0.25, 0.3) is 16.9 Å². The zero-order valence-electron chi connectivity index (χ0n) is 17.6. The van der Waals surface area contributed by atoms with Crippen molar-refractivity contribution in [2.45, 2.75) is 19.9 Å². The number of aromatic nitrogens is 5. The highest BCUT2D eigenvalue weighted by atomic mass is 35.5. The molecule has 2 aliphatic rings. The molecule has 2 N–H and O–H groups in total. The van der Waals surface area contributed by atoms with E-state index in [1.807, 2.05) is 4.40 Å². The number of carbonyl (C=O) groups is 1. The third kappa shape index (κ3) is 3.56. The molecule has 0 aliphatic carbocycles. The fourth-order valence-electron chi connectivity index (χ4n) is 4.03. The van der Waals surface area contributed by atoms with Gasteiger partial charge in [-0.3, -0.25) is 4.40 Å². The summed E-state index contributed by atoms with van der Waals surface area (Å²) in [7, 11) is 0. The second-order valence-electron chi connectivity index (χ2n) is 7.54. The van der Waals surface area contributed by atoms with E-state index in [1.165, 1.54) is 0 Å². The lowest BCUT2D eigenvalue weighted by molar-refractivity contribution is 0.102. The van der Waals surface area contributed by atoms with Gasteiger partial charge in [-0.1, -0.05) is 11.6 Å². The smallest absolute Gasteiger partial charge is 0.410 e. The maximum Gasteiger partial charge on any atom is 0.410 e. The Hall–Kier alpha value is -3.18. The predicted molar refractivity (Wildman–Crippen MR) is 118 cm³/mol. The molecule has 5 rings (SSSR count). The molecule has 2 aliphatic heterocycles. The third-order valence-corrected chi connectivity index (χ3v) is 5.95. The molecule has 0 radical (unpaired) electrons. The first-order valence-electron chi connectivity index (χ1n) is 10.5. The molecule has 0 bridgehead atoms. The summed E-state index contributed by atoms with van der Waals surface area (Å²) in [6, 6.07) is 0. The van der Waals surface area contributed by atoms with Gasteiger partial charge in [-0.2, -0.15) is 0 Å². The number of nitrogen functional groups attached to an aromatic ring is 1. The molecule has 1 fully saturated rings. The van der Waals surface area contributed by atoms with Gasteiger partial charge in [-0.05, 0) is 6.92 Å². The number of nitrogens with zero attached hydrogens (tertiary/aromatic N) is 7. The maximum atomic E-state index is 12.4. The first kappa shape index (κ1) is 20.7. The molecule has 12 heteroatoms. The molecule has 3 aromatic heterocycles. The molecule has 11 nitrogen and oxygen atoms in total. The molecule has 1 amide bonds. The van der Waals surface area contributed by atoms with Crippen LogP contribution in [-0.2, 0) is 22.4 Å². The molecule has 0 saturated carbocycles. The number of hydrogen-bond donors (Lipinski definition) is 1. The molecule has 32 heavy (non-hydrogen) atoms. The third-order valence-electron chi connectivity index (χ3n) is 5.61. The first-order chi connectivity index (χ1) is 15.6. The van der Waals surface area contributed by atoms with Gasteiger partial charge in [0.05, 0.1) is 37.8 Å². The highest BCUT2D eigenvalue weighted by molar-refractivity contribution is 6.32. The van der Waals surface area contributed by atoms with Gasteiger partial charge in [0, 0.05) is 44.0 Å². The lowest BCUT2D eigenvalue weighted by Gasteiger charge is -2.29.